The molecule has 0 aromatic carbocycles. The average molecular weight is 428 g/mol. The van der Waals surface area contributed by atoms with E-state index in [9.17, 15) is 31.6 Å². The van der Waals surface area contributed by atoms with E-state index < -0.39 is 53.4 Å². The number of allylic oxidation sites excluding steroid dienone is 6. The maximum atomic E-state index is 16.3. The van der Waals surface area contributed by atoms with E-state index in [0.717, 1.165) is 0 Å². The minimum atomic E-state index is -1.99. The van der Waals surface area contributed by atoms with Crippen molar-refractivity contribution in [3.63, 3.8) is 0 Å². The summed E-state index contributed by atoms with van der Waals surface area (Å²) in [5.41, 5.74) is -2.44. The predicted molar refractivity (Wildman–Crippen MR) is 106 cm³/mol. The SMILES string of the molecule is CCC(C)C1C(F)C2=C(C(C#N)=C(C#N)C23CC3C#N)C(F)C1C(CC#N)=C(C#N)C#N. The molecule has 3 rings (SSSR count). The number of nitrogens with zero attached hydrogens (tertiary/aromatic N) is 6. The van der Waals surface area contributed by atoms with Crippen LogP contribution in [0.1, 0.15) is 33.1 Å². The third-order valence-electron chi connectivity index (χ3n) is 7.21. The molecule has 0 amide bonds. The van der Waals surface area contributed by atoms with Gasteiger partial charge in [0.25, 0.3) is 0 Å². The maximum absolute atomic E-state index is 16.3. The van der Waals surface area contributed by atoms with Gasteiger partial charge >= 0.3 is 0 Å². The number of hydrogen-bond acceptors (Lipinski definition) is 6. The Bertz CT molecular complexity index is 1200. The molecule has 0 bridgehead atoms. The van der Waals surface area contributed by atoms with Gasteiger partial charge in [0, 0.05) is 22.8 Å². The van der Waals surface area contributed by atoms with Crippen LogP contribution in [0.2, 0.25) is 0 Å². The molecule has 3 aliphatic rings. The molecule has 0 N–H and O–H groups in total. The fraction of sp³-hybridized carbons (Fsp3) is 0.500. The molecule has 1 fully saturated rings. The molecule has 0 radical (unpaired) electrons. The summed E-state index contributed by atoms with van der Waals surface area (Å²) in [5, 5.41) is 57.1. The van der Waals surface area contributed by atoms with E-state index in [1.54, 1.807) is 26.0 Å². The molecule has 158 valence electrons. The fourth-order valence-corrected chi connectivity index (χ4v) is 5.51. The lowest BCUT2D eigenvalue weighted by atomic mass is 9.62. The lowest BCUT2D eigenvalue weighted by Gasteiger charge is -2.43. The third kappa shape index (κ3) is 2.82. The monoisotopic (exact) mass is 428 g/mol. The Kier molecular flexibility index (Phi) is 5.87. The van der Waals surface area contributed by atoms with Crippen LogP contribution in [0.5, 0.6) is 0 Å². The summed E-state index contributed by atoms with van der Waals surface area (Å²) in [6.07, 6.45) is -3.62. The van der Waals surface area contributed by atoms with Crippen molar-refractivity contribution in [3.8, 4) is 36.4 Å². The van der Waals surface area contributed by atoms with Crippen LogP contribution in [0.15, 0.2) is 33.4 Å². The Morgan fingerprint density at radius 1 is 1.06 bits per heavy atom. The Balaban J connectivity index is 2.36. The second-order valence-corrected chi connectivity index (χ2v) is 8.41. The molecule has 7 unspecified atom stereocenters. The van der Waals surface area contributed by atoms with E-state index in [0.29, 0.717) is 6.42 Å². The number of nitriles is 6. The zero-order chi connectivity index (χ0) is 23.8. The summed E-state index contributed by atoms with van der Waals surface area (Å²) < 4.78 is 32.7. The Morgan fingerprint density at radius 2 is 1.72 bits per heavy atom. The number of halogens is 2. The highest BCUT2D eigenvalue weighted by atomic mass is 19.1. The Labute approximate surface area is 185 Å². The lowest BCUT2D eigenvalue weighted by molar-refractivity contribution is 0.0813. The number of alkyl halides is 2. The van der Waals surface area contributed by atoms with E-state index in [1.807, 2.05) is 24.3 Å². The summed E-state index contributed by atoms with van der Waals surface area (Å²) in [4.78, 5) is 0. The van der Waals surface area contributed by atoms with Crippen LogP contribution in [-0.4, -0.2) is 12.3 Å². The molecular formula is C24H18F2N6. The summed E-state index contributed by atoms with van der Waals surface area (Å²) in [5.74, 6) is -3.47. The second-order valence-electron chi connectivity index (χ2n) is 8.41. The maximum Gasteiger partial charge on any atom is 0.134 e. The first kappa shape index (κ1) is 22.7. The van der Waals surface area contributed by atoms with Gasteiger partial charge in [-0.25, -0.2) is 8.78 Å². The van der Waals surface area contributed by atoms with Gasteiger partial charge in [-0.2, -0.15) is 31.6 Å². The van der Waals surface area contributed by atoms with Gasteiger partial charge < -0.3 is 0 Å². The predicted octanol–water partition coefficient (Wildman–Crippen LogP) is 4.40. The zero-order valence-electron chi connectivity index (χ0n) is 17.5. The second kappa shape index (κ2) is 8.27. The van der Waals surface area contributed by atoms with Crippen molar-refractivity contribution in [2.24, 2.45) is 29.1 Å². The molecule has 0 aliphatic heterocycles. The van der Waals surface area contributed by atoms with E-state index in [4.69, 9.17) is 0 Å². The van der Waals surface area contributed by atoms with Crippen molar-refractivity contribution >= 4 is 0 Å². The summed E-state index contributed by atoms with van der Waals surface area (Å²) >= 11 is 0. The summed E-state index contributed by atoms with van der Waals surface area (Å²) in [7, 11) is 0. The van der Waals surface area contributed by atoms with Crippen LogP contribution in [0.3, 0.4) is 0 Å². The molecule has 7 atom stereocenters. The molecule has 1 spiro atoms. The highest BCUT2D eigenvalue weighted by molar-refractivity contribution is 5.71. The topological polar surface area (TPSA) is 143 Å². The molecule has 1 saturated carbocycles. The van der Waals surface area contributed by atoms with Gasteiger partial charge in [0.1, 0.15) is 36.1 Å². The average Bonchev–Trinajstić information content (AvgIpc) is 3.44. The van der Waals surface area contributed by atoms with E-state index >= 15 is 8.78 Å². The van der Waals surface area contributed by atoms with E-state index in [2.05, 4.69) is 0 Å². The minimum absolute atomic E-state index is 0.0158. The van der Waals surface area contributed by atoms with Gasteiger partial charge in [0.05, 0.1) is 41.7 Å². The first-order valence-corrected chi connectivity index (χ1v) is 10.2. The standard InChI is InChI=1S/C24H18F2N6/c1-3-12(2)18-19(15(4-5-27)13(7-28)8-29)22(25)20-16(10-31)17(11-32)24(6-14(24)9-30)21(20)23(18)26/h12,14,18-19,22-23H,3-4,6H2,1-2H3. The zero-order valence-corrected chi connectivity index (χ0v) is 17.5. The first-order chi connectivity index (χ1) is 15.3. The van der Waals surface area contributed by atoms with Crippen LogP contribution >= 0.6 is 0 Å². The van der Waals surface area contributed by atoms with Crippen LogP contribution in [0.4, 0.5) is 8.78 Å². The van der Waals surface area contributed by atoms with E-state index in [-0.39, 0.29) is 34.3 Å². The van der Waals surface area contributed by atoms with Crippen LogP contribution < -0.4 is 0 Å². The number of fused-ring (bicyclic) bond motifs is 1. The normalized spacial score (nSPS) is 33.0. The van der Waals surface area contributed by atoms with Crippen molar-refractivity contribution in [3.05, 3.63) is 33.4 Å². The smallest absolute Gasteiger partial charge is 0.134 e. The van der Waals surface area contributed by atoms with Crippen molar-refractivity contribution in [2.45, 2.75) is 45.5 Å². The van der Waals surface area contributed by atoms with Crippen molar-refractivity contribution in [2.75, 3.05) is 0 Å². The minimum Gasteiger partial charge on any atom is -0.242 e. The third-order valence-corrected chi connectivity index (χ3v) is 7.21. The van der Waals surface area contributed by atoms with E-state index in [1.165, 1.54) is 0 Å². The largest absolute Gasteiger partial charge is 0.242 e. The fourth-order valence-electron chi connectivity index (χ4n) is 5.51. The molecule has 8 heteroatoms. The van der Waals surface area contributed by atoms with Crippen LogP contribution in [-0.2, 0) is 0 Å². The van der Waals surface area contributed by atoms with Gasteiger partial charge in [-0.15, -0.1) is 0 Å². The molecule has 0 aromatic rings. The molecule has 6 nitrogen and oxygen atoms in total. The van der Waals surface area contributed by atoms with Gasteiger partial charge in [0.15, 0.2) is 0 Å². The van der Waals surface area contributed by atoms with Gasteiger partial charge in [-0.3, -0.25) is 0 Å². The van der Waals surface area contributed by atoms with Crippen molar-refractivity contribution in [1.29, 1.82) is 31.6 Å². The summed E-state index contributed by atoms with van der Waals surface area (Å²) in [6, 6.07) is 11.0. The van der Waals surface area contributed by atoms with Crippen LogP contribution in [0, 0.1) is 97.1 Å². The van der Waals surface area contributed by atoms with Crippen molar-refractivity contribution in [1.82, 2.24) is 0 Å². The Morgan fingerprint density at radius 3 is 2.16 bits per heavy atom. The quantitative estimate of drug-likeness (QED) is 0.607. The molecule has 0 heterocycles. The van der Waals surface area contributed by atoms with Gasteiger partial charge in [-0.1, -0.05) is 20.3 Å². The van der Waals surface area contributed by atoms with Gasteiger partial charge in [0.2, 0.25) is 0 Å². The molecule has 32 heavy (non-hydrogen) atoms. The first-order valence-electron chi connectivity index (χ1n) is 10.2. The Hall–Kier alpha value is -3.98. The van der Waals surface area contributed by atoms with Crippen LogP contribution in [0.25, 0.3) is 0 Å². The molecule has 0 aromatic heterocycles. The van der Waals surface area contributed by atoms with Gasteiger partial charge in [-0.05, 0) is 23.5 Å². The van der Waals surface area contributed by atoms with Crippen molar-refractivity contribution < 1.29 is 8.78 Å². The molecular weight excluding hydrogens is 410 g/mol. The molecule has 0 saturated heterocycles. The highest BCUT2D eigenvalue weighted by Crippen LogP contribution is 2.71. The number of hydrogen-bond donors (Lipinski definition) is 0. The highest BCUT2D eigenvalue weighted by Gasteiger charge is 2.69. The number of rotatable bonds is 4. The lowest BCUT2D eigenvalue weighted by Crippen LogP contribution is -2.44. The molecule has 3 aliphatic carbocycles. The summed E-state index contributed by atoms with van der Waals surface area (Å²) in [6.45, 7) is 3.53.